The maximum atomic E-state index is 12.5. The Hall–Kier alpha value is -2.96. The van der Waals surface area contributed by atoms with E-state index in [1.807, 2.05) is 24.3 Å². The van der Waals surface area contributed by atoms with Crippen LogP contribution in [0.5, 0.6) is 0 Å². The first kappa shape index (κ1) is 26.3. The van der Waals surface area contributed by atoms with Crippen molar-refractivity contribution in [2.75, 3.05) is 17.6 Å². The smallest absolute Gasteiger partial charge is 0.279 e. The molecule has 11 heteroatoms. The third-order valence-corrected chi connectivity index (χ3v) is 9.41. The third kappa shape index (κ3) is 5.42. The monoisotopic (exact) mass is 563 g/mol. The van der Waals surface area contributed by atoms with Crippen molar-refractivity contribution in [1.82, 2.24) is 19.0 Å². The number of nitrogen functional groups attached to an aromatic ring is 1. The second-order valence-electron chi connectivity index (χ2n) is 11.5. The van der Waals surface area contributed by atoms with Crippen LogP contribution in [0.1, 0.15) is 71.5 Å². The van der Waals surface area contributed by atoms with Gasteiger partial charge in [0, 0.05) is 34.2 Å². The number of thiophene rings is 1. The third-order valence-electron chi connectivity index (χ3n) is 7.77. The molecule has 4 atom stereocenters. The molecule has 6 rings (SSSR count). The Kier molecular flexibility index (Phi) is 6.88. The number of carbonyl (C=O) groups excluding carboxylic acids is 1. The Morgan fingerprint density at radius 1 is 1.23 bits per heavy atom. The number of aryl methyl sites for hydroxylation is 1. The Labute approximate surface area is 235 Å². The summed E-state index contributed by atoms with van der Waals surface area (Å²) in [7, 11) is 0. The summed E-state index contributed by atoms with van der Waals surface area (Å²) in [5, 5.41) is 7.57. The molecule has 1 saturated heterocycles. The average molecular weight is 564 g/mol. The number of anilines is 2. The molecule has 1 fully saturated rings. The molecule has 1 amide bonds. The highest BCUT2D eigenvalue weighted by atomic mass is 32.1. The van der Waals surface area contributed by atoms with Crippen LogP contribution in [0.2, 0.25) is 0 Å². The van der Waals surface area contributed by atoms with Crippen LogP contribution < -0.4 is 22.1 Å². The van der Waals surface area contributed by atoms with Crippen LogP contribution in [0.15, 0.2) is 36.4 Å². The summed E-state index contributed by atoms with van der Waals surface area (Å²) in [5.41, 5.74) is 16.5. The van der Waals surface area contributed by atoms with E-state index in [-0.39, 0.29) is 29.9 Å². The van der Waals surface area contributed by atoms with Gasteiger partial charge < -0.3 is 21.5 Å². The van der Waals surface area contributed by atoms with E-state index in [0.29, 0.717) is 23.6 Å². The molecule has 9 nitrogen and oxygen atoms in total. The van der Waals surface area contributed by atoms with E-state index in [1.165, 1.54) is 27.9 Å². The van der Waals surface area contributed by atoms with E-state index < -0.39 is 5.91 Å². The van der Waals surface area contributed by atoms with Gasteiger partial charge in [-0.05, 0) is 66.0 Å². The lowest BCUT2D eigenvalue weighted by molar-refractivity contribution is 0.102. The molecule has 0 radical (unpaired) electrons. The van der Waals surface area contributed by atoms with E-state index in [0.717, 1.165) is 35.0 Å². The molecule has 0 saturated carbocycles. The van der Waals surface area contributed by atoms with Gasteiger partial charge in [-0.2, -0.15) is 8.75 Å². The van der Waals surface area contributed by atoms with E-state index >= 15 is 0 Å². The second kappa shape index (κ2) is 10.2. The first-order chi connectivity index (χ1) is 18.7. The van der Waals surface area contributed by atoms with Gasteiger partial charge in [0.25, 0.3) is 5.91 Å². The zero-order chi connectivity index (χ0) is 27.3. The van der Waals surface area contributed by atoms with Crippen molar-refractivity contribution in [3.63, 3.8) is 0 Å². The van der Waals surface area contributed by atoms with E-state index in [9.17, 15) is 4.79 Å². The number of fused-ring (bicyclic) bond motifs is 2. The number of carbonyl (C=O) groups is 1. The fourth-order valence-electron chi connectivity index (χ4n) is 5.35. The maximum absolute atomic E-state index is 12.5. The molecule has 1 aliphatic heterocycles. The number of nitrogens with zero attached hydrogens (tertiary/aromatic N) is 3. The highest BCUT2D eigenvalue weighted by Gasteiger charge is 2.43. The lowest BCUT2D eigenvalue weighted by Gasteiger charge is -2.34. The van der Waals surface area contributed by atoms with Crippen LogP contribution in [0.25, 0.3) is 10.2 Å². The largest absolute Gasteiger partial charge is 0.381 e. The second-order valence-corrected chi connectivity index (χ2v) is 13.0. The Balaban J connectivity index is 1.13. The van der Waals surface area contributed by atoms with Gasteiger partial charge in [-0.25, -0.2) is 4.98 Å². The Morgan fingerprint density at radius 3 is 2.82 bits per heavy atom. The molecule has 39 heavy (non-hydrogen) atoms. The first-order valence-corrected chi connectivity index (χ1v) is 14.8. The minimum Gasteiger partial charge on any atom is -0.381 e. The van der Waals surface area contributed by atoms with Crippen molar-refractivity contribution in [1.29, 1.82) is 0 Å². The summed E-state index contributed by atoms with van der Waals surface area (Å²) in [4.78, 5) is 19.8. The van der Waals surface area contributed by atoms with Crippen molar-refractivity contribution in [2.45, 2.75) is 58.4 Å². The standard InChI is InChI=1S/C28H33N7O2S2/c1-28(2,3)17-7-8-19-15(10-17)9-16-12-21(38-27(16)33-19)23-26(37-23)32-20(13-29)14-5-4-6-18(11-14)31-25(36)22-24(30)35-39-34-22/h4-6,9,11-12,17,20,23,26,32H,7-8,10,13,29H2,1-3H3,(H2,30,35)(H,31,36)/t17-,20-,23?,26?/m1/s1. The van der Waals surface area contributed by atoms with Gasteiger partial charge in [-0.1, -0.05) is 32.9 Å². The van der Waals surface area contributed by atoms with Gasteiger partial charge >= 0.3 is 0 Å². The van der Waals surface area contributed by atoms with Crippen molar-refractivity contribution in [3.05, 3.63) is 63.8 Å². The molecule has 0 bridgehead atoms. The van der Waals surface area contributed by atoms with E-state index in [1.54, 1.807) is 11.3 Å². The predicted molar refractivity (Wildman–Crippen MR) is 156 cm³/mol. The summed E-state index contributed by atoms with van der Waals surface area (Å²) >= 11 is 2.62. The number of nitrogens with one attached hydrogen (secondary N) is 2. The molecule has 3 aromatic heterocycles. The molecular formula is C28H33N7O2S2. The quantitative estimate of drug-likeness (QED) is 0.234. The maximum Gasteiger partial charge on any atom is 0.279 e. The summed E-state index contributed by atoms with van der Waals surface area (Å²) in [6.45, 7) is 7.40. The molecule has 1 aromatic carbocycles. The lowest BCUT2D eigenvalue weighted by Crippen LogP contribution is -2.30. The zero-order valence-corrected chi connectivity index (χ0v) is 23.9. The fourth-order valence-corrected chi connectivity index (χ4v) is 6.92. The average Bonchev–Trinajstić information content (AvgIpc) is 3.33. The number of epoxide rings is 1. The molecular weight excluding hydrogens is 530 g/mol. The lowest BCUT2D eigenvalue weighted by atomic mass is 9.71. The molecule has 6 N–H and O–H groups in total. The summed E-state index contributed by atoms with van der Waals surface area (Å²) in [6.07, 6.45) is 3.19. The van der Waals surface area contributed by atoms with Gasteiger partial charge in [-0.3, -0.25) is 10.1 Å². The van der Waals surface area contributed by atoms with Gasteiger partial charge in [0.2, 0.25) is 0 Å². The van der Waals surface area contributed by atoms with Crippen molar-refractivity contribution in [3.8, 4) is 0 Å². The number of benzene rings is 1. The van der Waals surface area contributed by atoms with Gasteiger partial charge in [0.1, 0.15) is 17.2 Å². The van der Waals surface area contributed by atoms with Gasteiger partial charge in [0.15, 0.2) is 11.5 Å². The number of pyridine rings is 1. The van der Waals surface area contributed by atoms with Gasteiger partial charge in [0.05, 0.1) is 11.7 Å². The molecule has 1 aliphatic carbocycles. The normalized spacial score (nSPS) is 21.5. The number of hydrogen-bond donors (Lipinski definition) is 4. The van der Waals surface area contributed by atoms with Crippen molar-refractivity contribution >= 4 is 50.7 Å². The fraction of sp³-hybridized carbons (Fsp3) is 0.429. The number of hydrogen-bond acceptors (Lipinski definition) is 10. The number of amides is 1. The molecule has 4 heterocycles. The zero-order valence-electron chi connectivity index (χ0n) is 22.2. The van der Waals surface area contributed by atoms with Crippen LogP contribution in [-0.2, 0) is 17.6 Å². The molecule has 4 aromatic rings. The summed E-state index contributed by atoms with van der Waals surface area (Å²) < 4.78 is 13.9. The predicted octanol–water partition coefficient (Wildman–Crippen LogP) is 4.82. The molecule has 0 spiro atoms. The highest BCUT2D eigenvalue weighted by Crippen LogP contribution is 2.44. The van der Waals surface area contributed by atoms with Crippen LogP contribution in [0.3, 0.4) is 0 Å². The number of nitrogens with two attached hydrogens (primary N) is 2. The summed E-state index contributed by atoms with van der Waals surface area (Å²) in [6, 6.07) is 12.0. The first-order valence-electron chi connectivity index (χ1n) is 13.2. The van der Waals surface area contributed by atoms with Gasteiger partial charge in [-0.15, -0.1) is 11.3 Å². The van der Waals surface area contributed by atoms with Crippen LogP contribution in [0, 0.1) is 11.3 Å². The molecule has 204 valence electrons. The van der Waals surface area contributed by atoms with Crippen LogP contribution in [0.4, 0.5) is 11.5 Å². The van der Waals surface area contributed by atoms with Crippen molar-refractivity contribution < 1.29 is 9.53 Å². The van der Waals surface area contributed by atoms with Crippen LogP contribution >= 0.6 is 23.1 Å². The Bertz CT molecular complexity index is 1530. The molecule has 2 unspecified atom stereocenters. The number of ether oxygens (including phenoxy) is 1. The van der Waals surface area contributed by atoms with E-state index in [4.69, 9.17) is 21.2 Å². The minimum atomic E-state index is -0.393. The minimum absolute atomic E-state index is 0.0272. The topological polar surface area (TPSA) is 144 Å². The highest BCUT2D eigenvalue weighted by molar-refractivity contribution is 7.18. The Morgan fingerprint density at radius 2 is 2.08 bits per heavy atom. The van der Waals surface area contributed by atoms with Crippen LogP contribution in [-0.4, -0.2) is 32.4 Å². The number of rotatable bonds is 7. The number of aromatic nitrogens is 3. The molecule has 2 aliphatic rings. The SMILES string of the molecule is CC(C)(C)[C@@H]1CCc2nc3sc(C4OC4N[C@H](CN)c4cccc(NC(=O)c5nsnc5N)c4)cc3cc2C1. The summed E-state index contributed by atoms with van der Waals surface area (Å²) in [5.74, 6) is 0.415. The van der Waals surface area contributed by atoms with Crippen molar-refractivity contribution in [2.24, 2.45) is 17.1 Å². The van der Waals surface area contributed by atoms with E-state index in [2.05, 4.69) is 52.3 Å².